The van der Waals surface area contributed by atoms with E-state index in [0.717, 1.165) is 27.1 Å². The average Bonchev–Trinajstić information content (AvgIpc) is 2.73. The Hall–Kier alpha value is -1.33. The number of aliphatic hydroxyl groups excluding tert-OH is 1. The van der Waals surface area contributed by atoms with Crippen molar-refractivity contribution in [3.63, 3.8) is 0 Å². The molecule has 1 N–H and O–H groups in total. The molecule has 0 aliphatic rings. The Morgan fingerprint density at radius 2 is 2.11 bits per heavy atom. The summed E-state index contributed by atoms with van der Waals surface area (Å²) in [6.07, 6.45) is 0. The third-order valence-corrected chi connectivity index (χ3v) is 2.99. The van der Waals surface area contributed by atoms with Crippen molar-refractivity contribution in [1.29, 1.82) is 0 Å². The molecule has 5 heteroatoms. The molecule has 2 rings (SSSR count). The number of aryl methyl sites for hydroxylation is 2. The van der Waals surface area contributed by atoms with Gasteiger partial charge in [-0.25, -0.2) is 0 Å². The normalized spacial score (nSPS) is 10.7. The van der Waals surface area contributed by atoms with Gasteiger partial charge in [0.2, 0.25) is 0 Å². The van der Waals surface area contributed by atoms with Gasteiger partial charge in [0.05, 0.1) is 6.61 Å². The molecule has 0 bridgehead atoms. The molecule has 1 heterocycles. The van der Waals surface area contributed by atoms with Gasteiger partial charge in [0, 0.05) is 16.1 Å². The molecule has 0 unspecified atom stereocenters. The van der Waals surface area contributed by atoms with Gasteiger partial charge >= 0.3 is 0 Å². The average molecular weight is 312 g/mol. The Labute approximate surface area is 114 Å². The summed E-state index contributed by atoms with van der Waals surface area (Å²) >= 11 is 3.39. The summed E-state index contributed by atoms with van der Waals surface area (Å²) in [5, 5.41) is 13.2. The summed E-state index contributed by atoms with van der Waals surface area (Å²) in [5.41, 5.74) is 2.45. The number of hydrogen-bond donors (Lipinski definition) is 1. The van der Waals surface area contributed by atoms with E-state index in [-0.39, 0.29) is 6.61 Å². The summed E-state index contributed by atoms with van der Waals surface area (Å²) in [6, 6.07) is 5.62. The van der Waals surface area contributed by atoms with Crippen molar-refractivity contribution in [1.82, 2.24) is 5.16 Å². The van der Waals surface area contributed by atoms with E-state index in [2.05, 4.69) is 21.1 Å². The molecular formula is C13H14BrNO3. The van der Waals surface area contributed by atoms with E-state index in [9.17, 15) is 5.11 Å². The number of halogens is 1. The second kappa shape index (κ2) is 5.54. The van der Waals surface area contributed by atoms with Gasteiger partial charge in [-0.05, 0) is 31.5 Å². The van der Waals surface area contributed by atoms with Crippen molar-refractivity contribution < 1.29 is 14.4 Å². The first kappa shape index (κ1) is 13.1. The van der Waals surface area contributed by atoms with E-state index in [1.807, 2.05) is 32.0 Å². The van der Waals surface area contributed by atoms with Gasteiger partial charge in [0.25, 0.3) is 0 Å². The number of hydrogen-bond acceptors (Lipinski definition) is 4. The molecule has 0 aliphatic heterocycles. The molecule has 96 valence electrons. The largest absolute Gasteiger partial charge is 0.487 e. The molecule has 0 radical (unpaired) electrons. The van der Waals surface area contributed by atoms with Crippen LogP contribution in [-0.4, -0.2) is 10.3 Å². The van der Waals surface area contributed by atoms with Crippen molar-refractivity contribution >= 4 is 15.9 Å². The van der Waals surface area contributed by atoms with Crippen LogP contribution < -0.4 is 4.74 Å². The molecule has 0 amide bonds. The number of rotatable bonds is 4. The number of nitrogens with zero attached hydrogens (tertiary/aromatic N) is 1. The molecule has 1 aromatic carbocycles. The fourth-order valence-electron chi connectivity index (χ4n) is 1.76. The van der Waals surface area contributed by atoms with Crippen molar-refractivity contribution in [3.8, 4) is 5.75 Å². The lowest BCUT2D eigenvalue weighted by atomic mass is 10.1. The van der Waals surface area contributed by atoms with E-state index < -0.39 is 0 Å². The number of ether oxygens (including phenoxy) is 1. The van der Waals surface area contributed by atoms with Crippen LogP contribution in [-0.2, 0) is 13.2 Å². The highest BCUT2D eigenvalue weighted by Crippen LogP contribution is 2.28. The quantitative estimate of drug-likeness (QED) is 0.942. The lowest BCUT2D eigenvalue weighted by Crippen LogP contribution is -2.01. The Kier molecular flexibility index (Phi) is 4.04. The molecule has 0 spiro atoms. The van der Waals surface area contributed by atoms with Crippen molar-refractivity contribution in [2.75, 3.05) is 0 Å². The topological polar surface area (TPSA) is 55.5 Å². The highest BCUT2D eigenvalue weighted by molar-refractivity contribution is 9.10. The number of aliphatic hydroxyl groups is 1. The molecule has 1 aromatic heterocycles. The van der Waals surface area contributed by atoms with Crippen LogP contribution in [0.25, 0.3) is 0 Å². The summed E-state index contributed by atoms with van der Waals surface area (Å²) in [6.45, 7) is 4.04. The van der Waals surface area contributed by atoms with Crippen molar-refractivity contribution in [2.45, 2.75) is 27.1 Å². The fourth-order valence-corrected chi connectivity index (χ4v) is 2.38. The maximum absolute atomic E-state index is 9.33. The van der Waals surface area contributed by atoms with Gasteiger partial charge in [0.15, 0.2) is 0 Å². The zero-order chi connectivity index (χ0) is 13.1. The SMILES string of the molecule is Cc1cc(COc2c(C)cc(Br)cc2CO)no1. The maximum Gasteiger partial charge on any atom is 0.134 e. The first-order valence-corrected chi connectivity index (χ1v) is 6.34. The lowest BCUT2D eigenvalue weighted by molar-refractivity contribution is 0.253. The highest BCUT2D eigenvalue weighted by Gasteiger charge is 2.10. The van der Waals surface area contributed by atoms with Gasteiger partial charge in [-0.15, -0.1) is 0 Å². The summed E-state index contributed by atoms with van der Waals surface area (Å²) in [7, 11) is 0. The predicted octanol–water partition coefficient (Wildman–Crippen LogP) is 3.13. The standard InChI is InChI=1S/C13H14BrNO3/c1-8-3-11(14)5-10(6-16)13(8)17-7-12-4-9(2)18-15-12/h3-5,16H,6-7H2,1-2H3. The highest BCUT2D eigenvalue weighted by atomic mass is 79.9. The Balaban J connectivity index is 2.18. The maximum atomic E-state index is 9.33. The minimum atomic E-state index is -0.0620. The van der Waals surface area contributed by atoms with Crippen molar-refractivity contribution in [3.05, 3.63) is 45.3 Å². The lowest BCUT2D eigenvalue weighted by Gasteiger charge is -2.12. The molecule has 4 nitrogen and oxygen atoms in total. The molecule has 0 atom stereocenters. The second-order valence-corrected chi connectivity index (χ2v) is 5.00. The first-order valence-electron chi connectivity index (χ1n) is 5.55. The third kappa shape index (κ3) is 2.91. The van der Waals surface area contributed by atoms with Crippen LogP contribution >= 0.6 is 15.9 Å². The zero-order valence-electron chi connectivity index (χ0n) is 10.2. The van der Waals surface area contributed by atoms with Crippen molar-refractivity contribution in [2.24, 2.45) is 0 Å². The predicted molar refractivity (Wildman–Crippen MR) is 70.4 cm³/mol. The van der Waals surface area contributed by atoms with E-state index in [1.165, 1.54) is 0 Å². The van der Waals surface area contributed by atoms with Crippen LogP contribution in [0, 0.1) is 13.8 Å². The van der Waals surface area contributed by atoms with Crippen LogP contribution in [0.5, 0.6) is 5.75 Å². The van der Waals surface area contributed by atoms with Gasteiger partial charge in [0.1, 0.15) is 23.8 Å². The molecular weight excluding hydrogens is 298 g/mol. The van der Waals surface area contributed by atoms with E-state index in [4.69, 9.17) is 9.26 Å². The smallest absolute Gasteiger partial charge is 0.134 e. The van der Waals surface area contributed by atoms with Gasteiger partial charge in [-0.2, -0.15) is 0 Å². The van der Waals surface area contributed by atoms with E-state index >= 15 is 0 Å². The minimum absolute atomic E-state index is 0.0620. The van der Waals surface area contributed by atoms with Crippen LogP contribution in [0.3, 0.4) is 0 Å². The number of aromatic nitrogens is 1. The summed E-state index contributed by atoms with van der Waals surface area (Å²) in [5.74, 6) is 1.45. The van der Waals surface area contributed by atoms with Crippen LogP contribution in [0.15, 0.2) is 27.2 Å². The zero-order valence-corrected chi connectivity index (χ0v) is 11.8. The van der Waals surface area contributed by atoms with E-state index in [0.29, 0.717) is 12.4 Å². The molecule has 0 aliphatic carbocycles. The summed E-state index contributed by atoms with van der Waals surface area (Å²) in [4.78, 5) is 0. The minimum Gasteiger partial charge on any atom is -0.487 e. The Morgan fingerprint density at radius 1 is 1.33 bits per heavy atom. The van der Waals surface area contributed by atoms with Crippen LogP contribution in [0.4, 0.5) is 0 Å². The molecule has 2 aromatic rings. The Morgan fingerprint density at radius 3 is 2.72 bits per heavy atom. The molecule has 0 saturated heterocycles. The molecule has 0 fully saturated rings. The van der Waals surface area contributed by atoms with Crippen LogP contribution in [0.2, 0.25) is 0 Å². The van der Waals surface area contributed by atoms with Gasteiger partial charge in [-0.1, -0.05) is 21.1 Å². The fraction of sp³-hybridized carbons (Fsp3) is 0.308. The van der Waals surface area contributed by atoms with E-state index in [1.54, 1.807) is 0 Å². The number of benzene rings is 1. The van der Waals surface area contributed by atoms with Gasteiger partial charge < -0.3 is 14.4 Å². The third-order valence-electron chi connectivity index (χ3n) is 2.53. The summed E-state index contributed by atoms with van der Waals surface area (Å²) < 4.78 is 11.6. The van der Waals surface area contributed by atoms with Gasteiger partial charge in [-0.3, -0.25) is 0 Å². The van der Waals surface area contributed by atoms with Crippen LogP contribution in [0.1, 0.15) is 22.6 Å². The Bertz CT molecular complexity index is 551. The monoisotopic (exact) mass is 311 g/mol. The molecule has 0 saturated carbocycles. The second-order valence-electron chi connectivity index (χ2n) is 4.09. The molecule has 18 heavy (non-hydrogen) atoms. The first-order chi connectivity index (χ1) is 8.60.